The summed E-state index contributed by atoms with van der Waals surface area (Å²) in [4.78, 5) is 37.6. The van der Waals surface area contributed by atoms with Crippen molar-refractivity contribution in [3.8, 4) is 0 Å². The molecule has 3 fully saturated rings. The Hall–Kier alpha value is -1.46. The standard InChI is InChI=1S/C27H37ClO5/c1-14-9-17-16-11-19(28)18-10-15(29)7-8-26(18,5)23(16)20(30)12-27(17,6)22(14)21(31)13-33-24(32)25(2,3)4/h7-8,10,14,16-17,19-20,22-23,30H,9,11-13H2,1-6H3/t14-,16?,17?,19+,20?,22?,23?,26?,27?/m1/s1. The van der Waals surface area contributed by atoms with Crippen LogP contribution in [-0.4, -0.2) is 40.7 Å². The van der Waals surface area contributed by atoms with Crippen molar-refractivity contribution in [2.75, 3.05) is 6.61 Å². The van der Waals surface area contributed by atoms with Gasteiger partial charge in [0.15, 0.2) is 11.6 Å². The van der Waals surface area contributed by atoms with E-state index in [-0.39, 0.29) is 64.5 Å². The van der Waals surface area contributed by atoms with E-state index in [9.17, 15) is 19.5 Å². The van der Waals surface area contributed by atoms with E-state index in [4.69, 9.17) is 16.3 Å². The maximum Gasteiger partial charge on any atom is 0.311 e. The van der Waals surface area contributed by atoms with E-state index in [0.29, 0.717) is 12.8 Å². The van der Waals surface area contributed by atoms with Crippen LogP contribution >= 0.6 is 11.6 Å². The molecule has 6 heteroatoms. The summed E-state index contributed by atoms with van der Waals surface area (Å²) in [6, 6.07) is 0. The lowest BCUT2D eigenvalue weighted by Crippen LogP contribution is -2.58. The number of rotatable bonds is 3. The number of ether oxygens (including phenoxy) is 1. The highest BCUT2D eigenvalue weighted by Crippen LogP contribution is 2.67. The van der Waals surface area contributed by atoms with E-state index in [0.717, 1.165) is 12.0 Å². The van der Waals surface area contributed by atoms with Gasteiger partial charge < -0.3 is 9.84 Å². The summed E-state index contributed by atoms with van der Waals surface area (Å²) >= 11 is 6.85. The van der Waals surface area contributed by atoms with Crippen LogP contribution in [0.3, 0.4) is 0 Å². The fourth-order valence-electron chi connectivity index (χ4n) is 7.83. The van der Waals surface area contributed by atoms with Crippen LogP contribution in [0.25, 0.3) is 0 Å². The number of fused-ring (bicyclic) bond motifs is 5. The largest absolute Gasteiger partial charge is 0.457 e. The molecule has 4 aliphatic rings. The fourth-order valence-corrected chi connectivity index (χ4v) is 8.33. The highest BCUT2D eigenvalue weighted by Gasteiger charge is 2.65. The van der Waals surface area contributed by atoms with Gasteiger partial charge in [-0.05, 0) is 80.9 Å². The number of Topliss-reactive ketones (excluding diaryl/α,β-unsaturated/α-hetero) is 1. The van der Waals surface area contributed by atoms with E-state index >= 15 is 0 Å². The van der Waals surface area contributed by atoms with Crippen molar-refractivity contribution in [1.82, 2.24) is 0 Å². The van der Waals surface area contributed by atoms with Crippen molar-refractivity contribution in [3.05, 3.63) is 23.8 Å². The second kappa shape index (κ2) is 8.05. The number of ketones is 2. The monoisotopic (exact) mass is 476 g/mol. The number of carbonyl (C=O) groups excluding carboxylic acids is 3. The van der Waals surface area contributed by atoms with E-state index in [1.165, 1.54) is 0 Å². The lowest BCUT2D eigenvalue weighted by Gasteiger charge is -2.59. The number of alkyl halides is 1. The minimum Gasteiger partial charge on any atom is -0.457 e. The Bertz CT molecular complexity index is 929. The molecule has 182 valence electrons. The number of halogens is 1. The van der Waals surface area contributed by atoms with E-state index < -0.39 is 16.9 Å². The molecule has 0 bridgehead atoms. The first-order chi connectivity index (χ1) is 15.2. The molecule has 33 heavy (non-hydrogen) atoms. The molecule has 0 spiro atoms. The molecule has 4 aliphatic carbocycles. The number of hydrogen-bond acceptors (Lipinski definition) is 5. The molecule has 0 aromatic rings. The van der Waals surface area contributed by atoms with Crippen molar-refractivity contribution in [2.24, 2.45) is 45.8 Å². The first-order valence-corrected chi connectivity index (χ1v) is 12.6. The molecule has 0 saturated heterocycles. The summed E-state index contributed by atoms with van der Waals surface area (Å²) < 4.78 is 5.38. The number of carbonyl (C=O) groups is 3. The summed E-state index contributed by atoms with van der Waals surface area (Å²) in [7, 11) is 0. The third kappa shape index (κ3) is 3.83. The summed E-state index contributed by atoms with van der Waals surface area (Å²) in [5.41, 5.74) is -0.589. The quantitative estimate of drug-likeness (QED) is 0.479. The molecular weight excluding hydrogens is 440 g/mol. The fraction of sp³-hybridized carbons (Fsp3) is 0.741. The van der Waals surface area contributed by atoms with Crippen molar-refractivity contribution in [1.29, 1.82) is 0 Å². The average Bonchev–Trinajstić information content (AvgIpc) is 2.96. The minimum atomic E-state index is -0.657. The summed E-state index contributed by atoms with van der Waals surface area (Å²) in [6.45, 7) is 11.4. The third-order valence-electron chi connectivity index (χ3n) is 9.12. The van der Waals surface area contributed by atoms with Gasteiger partial charge in [0.2, 0.25) is 0 Å². The van der Waals surface area contributed by atoms with Gasteiger partial charge in [0.25, 0.3) is 0 Å². The maximum atomic E-state index is 13.4. The molecule has 7 unspecified atom stereocenters. The molecule has 4 rings (SSSR count). The van der Waals surface area contributed by atoms with E-state index in [1.54, 1.807) is 32.9 Å². The Balaban J connectivity index is 1.62. The van der Waals surface area contributed by atoms with Crippen LogP contribution in [0.1, 0.15) is 60.8 Å². The Morgan fingerprint density at radius 1 is 1.24 bits per heavy atom. The van der Waals surface area contributed by atoms with Gasteiger partial charge in [-0.3, -0.25) is 14.4 Å². The van der Waals surface area contributed by atoms with E-state index in [2.05, 4.69) is 20.8 Å². The zero-order valence-electron chi connectivity index (χ0n) is 20.6. The van der Waals surface area contributed by atoms with Crippen LogP contribution in [0.4, 0.5) is 0 Å². The average molecular weight is 477 g/mol. The van der Waals surface area contributed by atoms with Gasteiger partial charge in [0.05, 0.1) is 16.9 Å². The highest BCUT2D eigenvalue weighted by atomic mass is 35.5. The summed E-state index contributed by atoms with van der Waals surface area (Å²) in [5.74, 6) is -0.272. The third-order valence-corrected chi connectivity index (χ3v) is 9.53. The van der Waals surface area contributed by atoms with Crippen LogP contribution in [0.5, 0.6) is 0 Å². The lowest BCUT2D eigenvalue weighted by atomic mass is 9.46. The number of allylic oxidation sites excluding steroid dienone is 4. The molecule has 0 heterocycles. The topological polar surface area (TPSA) is 80.7 Å². The molecule has 0 amide bonds. The second-order valence-electron chi connectivity index (χ2n) is 12.4. The van der Waals surface area contributed by atoms with Crippen LogP contribution in [0, 0.1) is 45.8 Å². The Morgan fingerprint density at radius 2 is 1.91 bits per heavy atom. The smallest absolute Gasteiger partial charge is 0.311 e. The number of aliphatic hydroxyl groups is 1. The van der Waals surface area contributed by atoms with Gasteiger partial charge in [0, 0.05) is 17.3 Å². The van der Waals surface area contributed by atoms with Gasteiger partial charge in [-0.2, -0.15) is 0 Å². The molecule has 3 saturated carbocycles. The lowest BCUT2D eigenvalue weighted by molar-refractivity contribution is -0.160. The second-order valence-corrected chi connectivity index (χ2v) is 12.9. The van der Waals surface area contributed by atoms with Crippen LogP contribution in [-0.2, 0) is 19.1 Å². The van der Waals surface area contributed by atoms with Crippen molar-refractivity contribution >= 4 is 29.1 Å². The maximum absolute atomic E-state index is 13.4. The zero-order valence-corrected chi connectivity index (χ0v) is 21.3. The SMILES string of the molecule is C[C@@H]1CC2C3C[C@H](Cl)C4=CC(=O)C=CC4(C)C3C(O)CC2(C)C1C(=O)COC(=O)C(C)(C)C. The molecule has 9 atom stereocenters. The number of esters is 1. The van der Waals surface area contributed by atoms with Crippen LogP contribution in [0.15, 0.2) is 23.8 Å². The highest BCUT2D eigenvalue weighted by molar-refractivity contribution is 6.23. The normalized spacial score (nSPS) is 44.4. The predicted octanol–water partition coefficient (Wildman–Crippen LogP) is 4.50. The predicted molar refractivity (Wildman–Crippen MR) is 126 cm³/mol. The molecule has 1 N–H and O–H groups in total. The molecule has 0 aromatic carbocycles. The van der Waals surface area contributed by atoms with Crippen molar-refractivity contribution in [2.45, 2.75) is 72.3 Å². The number of hydrogen-bond donors (Lipinski definition) is 1. The van der Waals surface area contributed by atoms with Crippen molar-refractivity contribution < 1.29 is 24.2 Å². The molecule has 0 radical (unpaired) electrons. The van der Waals surface area contributed by atoms with Crippen LogP contribution in [0.2, 0.25) is 0 Å². The number of aliphatic hydroxyl groups excluding tert-OH is 1. The zero-order chi connectivity index (χ0) is 24.5. The van der Waals surface area contributed by atoms with Gasteiger partial charge in [0.1, 0.15) is 6.61 Å². The van der Waals surface area contributed by atoms with Crippen molar-refractivity contribution in [3.63, 3.8) is 0 Å². The summed E-state index contributed by atoms with van der Waals surface area (Å²) in [5, 5.41) is 11.2. The Labute approximate surface area is 202 Å². The van der Waals surface area contributed by atoms with Gasteiger partial charge in [-0.1, -0.05) is 26.8 Å². The Morgan fingerprint density at radius 3 is 2.55 bits per heavy atom. The molecule has 0 aliphatic heterocycles. The minimum absolute atomic E-state index is 0.0408. The first-order valence-electron chi connectivity index (χ1n) is 12.2. The molecule has 0 aromatic heterocycles. The molecular formula is C27H37ClO5. The molecule has 5 nitrogen and oxygen atoms in total. The Kier molecular flexibility index (Phi) is 6.01. The summed E-state index contributed by atoms with van der Waals surface area (Å²) in [6.07, 6.45) is 6.68. The van der Waals surface area contributed by atoms with Gasteiger partial charge in [-0.15, -0.1) is 11.6 Å². The first kappa shape index (κ1) is 24.7. The van der Waals surface area contributed by atoms with Gasteiger partial charge in [-0.25, -0.2) is 0 Å². The van der Waals surface area contributed by atoms with Crippen LogP contribution < -0.4 is 0 Å². The van der Waals surface area contributed by atoms with Gasteiger partial charge >= 0.3 is 5.97 Å². The van der Waals surface area contributed by atoms with E-state index in [1.807, 2.05) is 6.08 Å².